The number of hydrogen-bond acceptors (Lipinski definition) is 5. The van der Waals surface area contributed by atoms with E-state index >= 15 is 0 Å². The number of ketones is 1. The van der Waals surface area contributed by atoms with Gasteiger partial charge in [0.05, 0.1) is 37.6 Å². The van der Waals surface area contributed by atoms with Gasteiger partial charge in [-0.05, 0) is 37.1 Å². The Kier molecular flexibility index (Phi) is 6.81. The number of rotatable bonds is 5. The van der Waals surface area contributed by atoms with E-state index in [0.29, 0.717) is 22.5 Å². The Morgan fingerprint density at radius 1 is 1.26 bits per heavy atom. The average Bonchev–Trinajstić information content (AvgIpc) is 2.57. The van der Waals surface area contributed by atoms with Gasteiger partial charge in [-0.1, -0.05) is 23.9 Å². The van der Waals surface area contributed by atoms with Crippen molar-refractivity contribution in [3.63, 3.8) is 0 Å². The minimum absolute atomic E-state index is 0. The molecule has 0 bridgehead atoms. The number of hydrogen-bond donors (Lipinski definition) is 1. The standard InChI is InChI=1S/C20H26NO4S.ClH/c1-12-13(2)20-19(25-15-8-6-7-9-16(15)26-20)17(23)18(12)24-11-14(22)10-21(3,4)5;/h6-9,14,18,22H,10-11H2,1-5H3;1H/q+1;/p-1. The fourth-order valence-corrected chi connectivity index (χ4v) is 4.25. The minimum Gasteiger partial charge on any atom is -1.00 e. The van der Waals surface area contributed by atoms with Gasteiger partial charge in [0.1, 0.15) is 24.5 Å². The topological polar surface area (TPSA) is 55.8 Å². The summed E-state index contributed by atoms with van der Waals surface area (Å²) in [5.74, 6) is 0.867. The molecule has 0 amide bonds. The highest BCUT2D eigenvalue weighted by molar-refractivity contribution is 8.03. The molecule has 0 fully saturated rings. The molecule has 1 aromatic rings. The number of Topliss-reactive ketones (excluding diaryl/α,β-unsaturated/α-hetero) is 1. The first kappa shape index (κ1) is 22.0. The van der Waals surface area contributed by atoms with Crippen molar-refractivity contribution in [1.82, 2.24) is 0 Å². The van der Waals surface area contributed by atoms with Crippen LogP contribution in [-0.4, -0.2) is 61.9 Å². The Morgan fingerprint density at radius 2 is 1.93 bits per heavy atom. The first-order valence-corrected chi connectivity index (χ1v) is 9.50. The van der Waals surface area contributed by atoms with Crippen LogP contribution < -0.4 is 17.1 Å². The van der Waals surface area contributed by atoms with Gasteiger partial charge >= 0.3 is 0 Å². The van der Waals surface area contributed by atoms with Crippen molar-refractivity contribution >= 4 is 17.5 Å². The monoisotopic (exact) mass is 411 g/mol. The van der Waals surface area contributed by atoms with Crippen molar-refractivity contribution in [1.29, 1.82) is 0 Å². The number of aliphatic hydroxyl groups excluding tert-OH is 1. The third kappa shape index (κ3) is 4.76. The maximum absolute atomic E-state index is 13.0. The molecule has 0 saturated heterocycles. The fourth-order valence-electron chi connectivity index (χ4n) is 3.12. The van der Waals surface area contributed by atoms with Gasteiger partial charge in [0.2, 0.25) is 5.78 Å². The zero-order valence-corrected chi connectivity index (χ0v) is 17.9. The van der Waals surface area contributed by atoms with Gasteiger partial charge in [-0.15, -0.1) is 0 Å². The quantitative estimate of drug-likeness (QED) is 0.678. The summed E-state index contributed by atoms with van der Waals surface area (Å²) in [6, 6.07) is 7.70. The van der Waals surface area contributed by atoms with E-state index in [1.807, 2.05) is 59.3 Å². The summed E-state index contributed by atoms with van der Waals surface area (Å²) in [5, 5.41) is 10.2. The van der Waals surface area contributed by atoms with Gasteiger partial charge in [-0.3, -0.25) is 4.79 Å². The Labute approximate surface area is 171 Å². The molecule has 1 aliphatic carbocycles. The van der Waals surface area contributed by atoms with Gasteiger partial charge in [0.15, 0.2) is 5.76 Å². The maximum atomic E-state index is 13.0. The zero-order valence-electron chi connectivity index (χ0n) is 16.3. The summed E-state index contributed by atoms with van der Waals surface area (Å²) in [4.78, 5) is 14.8. The number of quaternary nitrogens is 1. The van der Waals surface area contributed by atoms with Crippen LogP contribution in [0.5, 0.6) is 5.75 Å². The third-order valence-corrected chi connectivity index (χ3v) is 5.73. The Bertz CT molecular complexity index is 797. The molecular weight excluding hydrogens is 386 g/mol. The zero-order chi connectivity index (χ0) is 19.1. The Morgan fingerprint density at radius 3 is 2.59 bits per heavy atom. The van der Waals surface area contributed by atoms with Crippen molar-refractivity contribution in [2.45, 2.75) is 31.0 Å². The predicted octanol–water partition coefficient (Wildman–Crippen LogP) is -0.242. The third-order valence-electron chi connectivity index (χ3n) is 4.48. The van der Waals surface area contributed by atoms with Crippen LogP contribution in [-0.2, 0) is 9.53 Å². The second-order valence-corrected chi connectivity index (χ2v) is 8.87. The summed E-state index contributed by atoms with van der Waals surface area (Å²) in [6.07, 6.45) is -1.34. The first-order chi connectivity index (χ1) is 12.2. The number of fused-ring (bicyclic) bond motifs is 1. The molecule has 2 atom stereocenters. The van der Waals surface area contributed by atoms with E-state index in [2.05, 4.69) is 0 Å². The van der Waals surface area contributed by atoms with Gasteiger partial charge < -0.3 is 31.5 Å². The van der Waals surface area contributed by atoms with Crippen LogP contribution in [0.4, 0.5) is 0 Å². The van der Waals surface area contributed by atoms with Gasteiger partial charge in [0, 0.05) is 0 Å². The number of likely N-dealkylation sites (N-methyl/N-ethyl adjacent to an activating group) is 1. The molecule has 0 radical (unpaired) electrons. The van der Waals surface area contributed by atoms with Crippen LogP contribution in [0.2, 0.25) is 0 Å². The molecule has 1 N–H and O–H groups in total. The molecule has 3 rings (SSSR count). The predicted molar refractivity (Wildman–Crippen MR) is 102 cm³/mol. The lowest BCUT2D eigenvalue weighted by molar-refractivity contribution is -0.873. The van der Waals surface area contributed by atoms with Gasteiger partial charge in [0.25, 0.3) is 0 Å². The van der Waals surface area contributed by atoms with E-state index in [0.717, 1.165) is 20.9 Å². The number of para-hydroxylation sites is 1. The van der Waals surface area contributed by atoms with Gasteiger partial charge in [-0.25, -0.2) is 0 Å². The van der Waals surface area contributed by atoms with Crippen LogP contribution in [0.25, 0.3) is 0 Å². The molecule has 1 heterocycles. The number of nitrogens with zero attached hydrogens (tertiary/aromatic N) is 1. The lowest BCUT2D eigenvalue weighted by Crippen LogP contribution is -3.00. The maximum Gasteiger partial charge on any atom is 0.232 e. The Balaban J connectivity index is 0.00000261. The first-order valence-electron chi connectivity index (χ1n) is 8.68. The van der Waals surface area contributed by atoms with Crippen molar-refractivity contribution in [2.24, 2.45) is 0 Å². The highest BCUT2D eigenvalue weighted by Crippen LogP contribution is 2.47. The molecular formula is C20H26ClNO4S. The molecule has 148 valence electrons. The van der Waals surface area contributed by atoms with E-state index in [1.165, 1.54) is 0 Å². The van der Waals surface area contributed by atoms with Crippen molar-refractivity contribution in [3.8, 4) is 5.75 Å². The average molecular weight is 412 g/mol. The van der Waals surface area contributed by atoms with Crippen LogP contribution in [0.15, 0.2) is 51.0 Å². The van der Waals surface area contributed by atoms with E-state index in [-0.39, 0.29) is 24.8 Å². The van der Waals surface area contributed by atoms with E-state index in [9.17, 15) is 9.90 Å². The number of carbonyl (C=O) groups excluding carboxylic acids is 1. The summed E-state index contributed by atoms with van der Waals surface area (Å²) < 4.78 is 12.4. The number of carbonyl (C=O) groups is 1. The number of ether oxygens (including phenoxy) is 2. The molecule has 1 aromatic carbocycles. The molecule has 5 nitrogen and oxygen atoms in total. The van der Waals surface area contributed by atoms with Crippen LogP contribution in [0.3, 0.4) is 0 Å². The Hall–Kier alpha value is -1.31. The van der Waals surface area contributed by atoms with Crippen LogP contribution >= 0.6 is 11.8 Å². The number of halogens is 1. The van der Waals surface area contributed by atoms with Crippen molar-refractivity contribution in [2.75, 3.05) is 34.3 Å². The molecule has 0 aromatic heterocycles. The molecule has 0 spiro atoms. The summed E-state index contributed by atoms with van der Waals surface area (Å²) >= 11 is 1.56. The number of benzene rings is 1. The highest BCUT2D eigenvalue weighted by atomic mass is 35.5. The lowest BCUT2D eigenvalue weighted by atomic mass is 9.94. The van der Waals surface area contributed by atoms with Crippen molar-refractivity contribution in [3.05, 3.63) is 46.1 Å². The van der Waals surface area contributed by atoms with Crippen molar-refractivity contribution < 1.29 is 36.3 Å². The molecule has 1 aliphatic heterocycles. The molecule has 2 aliphatic rings. The largest absolute Gasteiger partial charge is 1.00 e. The smallest absolute Gasteiger partial charge is 0.232 e. The minimum atomic E-state index is -0.707. The lowest BCUT2D eigenvalue weighted by Gasteiger charge is -2.32. The molecule has 2 unspecified atom stereocenters. The summed E-state index contributed by atoms with van der Waals surface area (Å²) in [7, 11) is 6.02. The summed E-state index contributed by atoms with van der Waals surface area (Å²) in [6.45, 7) is 4.56. The number of allylic oxidation sites excluding steroid dienone is 1. The molecule has 7 heteroatoms. The second kappa shape index (κ2) is 8.37. The summed E-state index contributed by atoms with van der Waals surface area (Å²) in [5.41, 5.74) is 1.88. The van der Waals surface area contributed by atoms with Crippen LogP contribution in [0.1, 0.15) is 13.8 Å². The number of thioether (sulfide) groups is 1. The van der Waals surface area contributed by atoms with Crippen LogP contribution in [0, 0.1) is 0 Å². The van der Waals surface area contributed by atoms with E-state index < -0.39 is 12.2 Å². The fraction of sp³-hybridized carbons (Fsp3) is 0.450. The van der Waals surface area contributed by atoms with E-state index in [1.54, 1.807) is 11.8 Å². The second-order valence-electron chi connectivity index (χ2n) is 7.82. The number of aliphatic hydroxyl groups is 1. The molecule has 0 saturated carbocycles. The normalized spacial score (nSPS) is 20.5. The molecule has 27 heavy (non-hydrogen) atoms. The highest BCUT2D eigenvalue weighted by Gasteiger charge is 2.38. The van der Waals surface area contributed by atoms with Gasteiger partial charge in [-0.2, -0.15) is 0 Å². The SMILES string of the molecule is CC1=C(C)C(OCC(O)C[N+](C)(C)C)C(=O)C2=C1Sc1ccccc1O2.[Cl-]. The van der Waals surface area contributed by atoms with E-state index in [4.69, 9.17) is 9.47 Å².